The monoisotopic (exact) mass is 171 g/mol. The molecular formula is C9H17NO2. The highest BCUT2D eigenvalue weighted by Gasteiger charge is 2.28. The van der Waals surface area contributed by atoms with Crippen molar-refractivity contribution in [2.75, 3.05) is 6.54 Å². The molecule has 1 saturated carbocycles. The summed E-state index contributed by atoms with van der Waals surface area (Å²) in [7, 11) is 0. The Morgan fingerprint density at radius 1 is 1.42 bits per heavy atom. The summed E-state index contributed by atoms with van der Waals surface area (Å²) in [6.45, 7) is 4.67. The van der Waals surface area contributed by atoms with Gasteiger partial charge in [-0.25, -0.2) is 0 Å². The predicted molar refractivity (Wildman–Crippen MR) is 47.6 cm³/mol. The molecule has 1 aliphatic rings. The Morgan fingerprint density at radius 3 is 2.33 bits per heavy atom. The number of nitrogens with zero attached hydrogens (tertiary/aromatic N) is 1. The first-order valence-corrected chi connectivity index (χ1v) is 4.61. The molecule has 70 valence electrons. The quantitative estimate of drug-likeness (QED) is 0.473. The Bertz CT molecular complexity index is 167. The van der Waals surface area contributed by atoms with Crippen molar-refractivity contribution in [3.63, 3.8) is 0 Å². The lowest BCUT2D eigenvalue weighted by atomic mass is 9.73. The normalized spacial score (nSPS) is 23.8. The molecule has 0 atom stereocenters. The van der Waals surface area contributed by atoms with E-state index in [0.717, 1.165) is 25.7 Å². The lowest BCUT2D eigenvalue weighted by Gasteiger charge is -2.32. The smallest absolute Gasteiger partial charge is 0.206 e. The van der Waals surface area contributed by atoms with Crippen molar-refractivity contribution in [2.24, 2.45) is 11.3 Å². The Balaban J connectivity index is 2.31. The highest BCUT2D eigenvalue weighted by Crippen LogP contribution is 2.37. The molecule has 0 radical (unpaired) electrons. The fraction of sp³-hybridized carbons (Fsp3) is 1.00. The molecule has 0 aromatic rings. The van der Waals surface area contributed by atoms with Crippen LogP contribution in [0.25, 0.3) is 0 Å². The fourth-order valence-corrected chi connectivity index (χ4v) is 1.85. The van der Waals surface area contributed by atoms with Gasteiger partial charge in [-0.1, -0.05) is 13.8 Å². The van der Waals surface area contributed by atoms with Gasteiger partial charge in [0.15, 0.2) is 0 Å². The van der Waals surface area contributed by atoms with Crippen molar-refractivity contribution in [1.29, 1.82) is 0 Å². The predicted octanol–water partition coefficient (Wildman–Crippen LogP) is 2.48. The van der Waals surface area contributed by atoms with Crippen LogP contribution in [0.3, 0.4) is 0 Å². The van der Waals surface area contributed by atoms with Gasteiger partial charge in [0.1, 0.15) is 0 Å². The van der Waals surface area contributed by atoms with E-state index in [-0.39, 0.29) is 11.5 Å². The van der Waals surface area contributed by atoms with Crippen molar-refractivity contribution in [2.45, 2.75) is 39.5 Å². The summed E-state index contributed by atoms with van der Waals surface area (Å²) in [6.07, 6.45) is 4.36. The lowest BCUT2D eigenvalue weighted by Crippen LogP contribution is -2.25. The van der Waals surface area contributed by atoms with Crippen molar-refractivity contribution in [3.8, 4) is 0 Å². The molecule has 0 unspecified atom stereocenters. The van der Waals surface area contributed by atoms with Gasteiger partial charge in [-0.05, 0) is 31.1 Å². The van der Waals surface area contributed by atoms with Gasteiger partial charge in [-0.2, -0.15) is 0 Å². The SMILES string of the molecule is CC1(C)CCC(C[N+](=O)[O-])CC1. The van der Waals surface area contributed by atoms with E-state index in [1.54, 1.807) is 0 Å². The third-order valence-electron chi connectivity index (χ3n) is 2.87. The van der Waals surface area contributed by atoms with Crippen LogP contribution in [0.4, 0.5) is 0 Å². The summed E-state index contributed by atoms with van der Waals surface area (Å²) in [5.74, 6) is 0.341. The molecule has 0 amide bonds. The molecule has 1 rings (SSSR count). The topological polar surface area (TPSA) is 43.1 Å². The van der Waals surface area contributed by atoms with Crippen LogP contribution in [0, 0.1) is 21.4 Å². The van der Waals surface area contributed by atoms with Crippen molar-refractivity contribution < 1.29 is 4.92 Å². The third kappa shape index (κ3) is 2.80. The van der Waals surface area contributed by atoms with Crippen molar-refractivity contribution >= 4 is 0 Å². The molecule has 0 spiro atoms. The zero-order chi connectivity index (χ0) is 9.19. The molecule has 1 aliphatic carbocycles. The van der Waals surface area contributed by atoms with E-state index in [2.05, 4.69) is 13.8 Å². The fourth-order valence-electron chi connectivity index (χ4n) is 1.85. The van der Waals surface area contributed by atoms with Crippen molar-refractivity contribution in [3.05, 3.63) is 10.1 Å². The summed E-state index contributed by atoms with van der Waals surface area (Å²) in [4.78, 5) is 10.1. The van der Waals surface area contributed by atoms with Gasteiger partial charge in [-0.3, -0.25) is 10.1 Å². The second-order valence-electron chi connectivity index (χ2n) is 4.62. The summed E-state index contributed by atoms with van der Waals surface area (Å²) in [6, 6.07) is 0. The van der Waals surface area contributed by atoms with Gasteiger partial charge in [0.2, 0.25) is 6.54 Å². The third-order valence-corrected chi connectivity index (χ3v) is 2.87. The molecular weight excluding hydrogens is 154 g/mol. The van der Waals surface area contributed by atoms with E-state index < -0.39 is 0 Å². The Hall–Kier alpha value is -0.600. The van der Waals surface area contributed by atoms with Crippen LogP contribution in [0.2, 0.25) is 0 Å². The van der Waals surface area contributed by atoms with Crippen molar-refractivity contribution in [1.82, 2.24) is 0 Å². The van der Waals surface area contributed by atoms with Crippen LogP contribution in [-0.2, 0) is 0 Å². The molecule has 3 nitrogen and oxygen atoms in total. The van der Waals surface area contributed by atoms with E-state index in [0.29, 0.717) is 11.3 Å². The molecule has 1 fully saturated rings. The second kappa shape index (κ2) is 3.42. The molecule has 0 aliphatic heterocycles. The van der Waals surface area contributed by atoms with Gasteiger partial charge in [0, 0.05) is 10.8 Å². The highest BCUT2D eigenvalue weighted by molar-refractivity contribution is 4.77. The minimum absolute atomic E-state index is 0.177. The zero-order valence-electron chi connectivity index (χ0n) is 7.88. The van der Waals surface area contributed by atoms with Crippen LogP contribution >= 0.6 is 0 Å². The average molecular weight is 171 g/mol. The van der Waals surface area contributed by atoms with Gasteiger partial charge in [0.05, 0.1) is 0 Å². The number of hydrogen-bond donors (Lipinski definition) is 0. The number of nitro groups is 1. The standard InChI is InChI=1S/C9H17NO2/c1-9(2)5-3-8(4-6-9)7-10(11)12/h8H,3-7H2,1-2H3. The number of rotatable bonds is 2. The summed E-state index contributed by atoms with van der Waals surface area (Å²) >= 11 is 0. The first-order chi connectivity index (χ1) is 5.49. The Labute approximate surface area is 73.3 Å². The maximum Gasteiger partial charge on any atom is 0.206 e. The molecule has 0 heterocycles. The van der Waals surface area contributed by atoms with Gasteiger partial charge < -0.3 is 0 Å². The zero-order valence-corrected chi connectivity index (χ0v) is 7.88. The van der Waals surface area contributed by atoms with Gasteiger partial charge >= 0.3 is 0 Å². The first-order valence-electron chi connectivity index (χ1n) is 4.61. The first kappa shape index (κ1) is 9.49. The summed E-state index contributed by atoms with van der Waals surface area (Å²) < 4.78 is 0. The van der Waals surface area contributed by atoms with E-state index in [4.69, 9.17) is 0 Å². The van der Waals surface area contributed by atoms with Crippen LogP contribution in [-0.4, -0.2) is 11.5 Å². The molecule has 0 aromatic heterocycles. The van der Waals surface area contributed by atoms with Crippen LogP contribution in [0.15, 0.2) is 0 Å². The van der Waals surface area contributed by atoms with E-state index in [1.165, 1.54) is 0 Å². The van der Waals surface area contributed by atoms with E-state index in [1.807, 2.05) is 0 Å². The van der Waals surface area contributed by atoms with Crippen LogP contribution < -0.4 is 0 Å². The minimum atomic E-state index is -0.178. The molecule has 0 bridgehead atoms. The maximum absolute atomic E-state index is 10.2. The Morgan fingerprint density at radius 2 is 1.92 bits per heavy atom. The van der Waals surface area contributed by atoms with Crippen LogP contribution in [0.5, 0.6) is 0 Å². The summed E-state index contributed by atoms with van der Waals surface area (Å²) in [5, 5.41) is 10.2. The molecule has 0 N–H and O–H groups in total. The largest absolute Gasteiger partial charge is 0.265 e. The van der Waals surface area contributed by atoms with E-state index in [9.17, 15) is 10.1 Å². The Kier molecular flexibility index (Phi) is 2.70. The molecule has 12 heavy (non-hydrogen) atoms. The lowest BCUT2D eigenvalue weighted by molar-refractivity contribution is -0.489. The summed E-state index contributed by atoms with van der Waals surface area (Å²) in [5.41, 5.74) is 0.424. The minimum Gasteiger partial charge on any atom is -0.265 e. The number of hydrogen-bond acceptors (Lipinski definition) is 2. The average Bonchev–Trinajstić information content (AvgIpc) is 1.93. The highest BCUT2D eigenvalue weighted by atomic mass is 16.6. The van der Waals surface area contributed by atoms with Gasteiger partial charge in [0.25, 0.3) is 0 Å². The van der Waals surface area contributed by atoms with Gasteiger partial charge in [-0.15, -0.1) is 0 Å². The maximum atomic E-state index is 10.2. The second-order valence-corrected chi connectivity index (χ2v) is 4.62. The molecule has 3 heteroatoms. The molecule has 0 aromatic carbocycles. The van der Waals surface area contributed by atoms with E-state index >= 15 is 0 Å². The van der Waals surface area contributed by atoms with Crippen LogP contribution in [0.1, 0.15) is 39.5 Å². The molecule has 0 saturated heterocycles.